The van der Waals surface area contributed by atoms with Gasteiger partial charge >= 0.3 is 0 Å². The summed E-state index contributed by atoms with van der Waals surface area (Å²) in [5.74, 6) is 0.795. The van der Waals surface area contributed by atoms with Crippen LogP contribution in [0.4, 0.5) is 0 Å². The molecule has 0 amide bonds. The van der Waals surface area contributed by atoms with Crippen LogP contribution in [0.5, 0.6) is 0 Å². The Labute approximate surface area is 129 Å². The molecule has 1 aromatic carbocycles. The van der Waals surface area contributed by atoms with Crippen LogP contribution in [0.1, 0.15) is 25.6 Å². The van der Waals surface area contributed by atoms with E-state index in [0.717, 1.165) is 43.0 Å². The number of hydrogen-bond acceptors (Lipinski definition) is 4. The van der Waals surface area contributed by atoms with Gasteiger partial charge < -0.3 is 14.9 Å². The molecule has 1 aromatic heterocycles. The van der Waals surface area contributed by atoms with Crippen molar-refractivity contribution in [3.8, 4) is 0 Å². The van der Waals surface area contributed by atoms with Gasteiger partial charge in [0.25, 0.3) is 0 Å². The molecule has 0 aliphatic carbocycles. The highest BCUT2D eigenvalue weighted by Crippen LogP contribution is 2.33. The number of nitrogens with zero attached hydrogens (tertiary/aromatic N) is 1. The quantitative estimate of drug-likeness (QED) is 0.946. The topological polar surface area (TPSA) is 51.6 Å². The Morgan fingerprint density at radius 1 is 1.24 bits per heavy atom. The molecule has 5 heteroatoms. The molecule has 1 aliphatic heterocycles. The highest BCUT2D eigenvalue weighted by molar-refractivity contribution is 6.31. The molecule has 0 radical (unpaired) electrons. The second-order valence-electron chi connectivity index (χ2n) is 6.06. The molecule has 2 aromatic rings. The molecule has 0 saturated carbocycles. The van der Waals surface area contributed by atoms with E-state index in [4.69, 9.17) is 26.5 Å². The number of nitrogens with two attached hydrogens (primary N) is 1. The molecule has 3 rings (SSSR count). The summed E-state index contributed by atoms with van der Waals surface area (Å²) in [6, 6.07) is 7.40. The molecular formula is C16H21ClN2O2. The third-order valence-corrected chi connectivity index (χ3v) is 4.63. The lowest BCUT2D eigenvalue weighted by Crippen LogP contribution is -2.55. The third kappa shape index (κ3) is 2.81. The monoisotopic (exact) mass is 308 g/mol. The highest BCUT2D eigenvalue weighted by atomic mass is 35.5. The van der Waals surface area contributed by atoms with E-state index < -0.39 is 0 Å². The normalized spacial score (nSPS) is 19.0. The second kappa shape index (κ2) is 5.61. The average Bonchev–Trinajstić information content (AvgIpc) is 2.90. The number of hydrogen-bond donors (Lipinski definition) is 1. The van der Waals surface area contributed by atoms with Gasteiger partial charge in [0.15, 0.2) is 0 Å². The van der Waals surface area contributed by atoms with Gasteiger partial charge in [-0.3, -0.25) is 4.90 Å². The number of ether oxygens (including phenoxy) is 1. The predicted molar refractivity (Wildman–Crippen MR) is 84.6 cm³/mol. The van der Waals surface area contributed by atoms with Gasteiger partial charge in [0.2, 0.25) is 0 Å². The number of rotatable bonds is 3. The summed E-state index contributed by atoms with van der Waals surface area (Å²) < 4.78 is 11.3. The van der Waals surface area contributed by atoms with Crippen molar-refractivity contribution in [1.29, 1.82) is 0 Å². The Kier molecular flexibility index (Phi) is 3.97. The van der Waals surface area contributed by atoms with Crippen molar-refractivity contribution < 1.29 is 9.15 Å². The smallest absolute Gasteiger partial charge is 0.134 e. The zero-order chi connectivity index (χ0) is 15.0. The van der Waals surface area contributed by atoms with Crippen molar-refractivity contribution in [3.05, 3.63) is 35.0 Å². The molecule has 1 unspecified atom stereocenters. The van der Waals surface area contributed by atoms with Crippen molar-refractivity contribution in [3.63, 3.8) is 0 Å². The van der Waals surface area contributed by atoms with E-state index in [1.165, 1.54) is 0 Å². The molecule has 2 heterocycles. The van der Waals surface area contributed by atoms with Crippen LogP contribution >= 0.6 is 11.6 Å². The molecule has 4 nitrogen and oxygen atoms in total. The summed E-state index contributed by atoms with van der Waals surface area (Å²) in [7, 11) is 0. The summed E-state index contributed by atoms with van der Waals surface area (Å²) >= 11 is 6.02. The van der Waals surface area contributed by atoms with Crippen LogP contribution in [0.15, 0.2) is 28.7 Å². The number of morpholine rings is 1. The SMILES string of the molecule is CC(C)(C(N)c1cc2cc(Cl)ccc2o1)N1CCOCC1. The maximum absolute atomic E-state index is 6.50. The van der Waals surface area contributed by atoms with E-state index in [0.29, 0.717) is 5.02 Å². The Bertz CT molecular complexity index is 632. The fraction of sp³-hybridized carbons (Fsp3) is 0.500. The van der Waals surface area contributed by atoms with Crippen LogP contribution in [0.25, 0.3) is 11.0 Å². The van der Waals surface area contributed by atoms with Gasteiger partial charge in [0.1, 0.15) is 11.3 Å². The predicted octanol–water partition coefficient (Wildman–Crippen LogP) is 3.20. The minimum absolute atomic E-state index is 0.193. The molecule has 1 fully saturated rings. The number of fused-ring (bicyclic) bond motifs is 1. The van der Waals surface area contributed by atoms with Crippen molar-refractivity contribution in [2.45, 2.75) is 25.4 Å². The van der Waals surface area contributed by atoms with Crippen LogP contribution < -0.4 is 5.73 Å². The minimum atomic E-state index is -0.207. The first-order valence-corrected chi connectivity index (χ1v) is 7.63. The average molecular weight is 309 g/mol. The fourth-order valence-corrected chi connectivity index (χ4v) is 3.05. The second-order valence-corrected chi connectivity index (χ2v) is 6.50. The van der Waals surface area contributed by atoms with E-state index in [-0.39, 0.29) is 11.6 Å². The van der Waals surface area contributed by atoms with Gasteiger partial charge in [0.05, 0.1) is 19.3 Å². The highest BCUT2D eigenvalue weighted by Gasteiger charge is 2.36. The Morgan fingerprint density at radius 2 is 1.95 bits per heavy atom. The molecule has 1 aliphatic rings. The Balaban J connectivity index is 1.89. The van der Waals surface area contributed by atoms with E-state index >= 15 is 0 Å². The molecule has 1 atom stereocenters. The maximum atomic E-state index is 6.50. The summed E-state index contributed by atoms with van der Waals surface area (Å²) in [5, 5.41) is 1.70. The number of benzene rings is 1. The van der Waals surface area contributed by atoms with E-state index in [2.05, 4.69) is 18.7 Å². The van der Waals surface area contributed by atoms with E-state index in [1.54, 1.807) is 0 Å². The van der Waals surface area contributed by atoms with Crippen LogP contribution in [0.3, 0.4) is 0 Å². The molecule has 114 valence electrons. The first-order valence-electron chi connectivity index (χ1n) is 7.26. The lowest BCUT2D eigenvalue weighted by Gasteiger charge is -2.43. The largest absolute Gasteiger partial charge is 0.459 e. The molecule has 1 saturated heterocycles. The van der Waals surface area contributed by atoms with Gasteiger partial charge in [-0.1, -0.05) is 11.6 Å². The van der Waals surface area contributed by atoms with Crippen molar-refractivity contribution in [2.24, 2.45) is 5.73 Å². The molecule has 21 heavy (non-hydrogen) atoms. The number of furan rings is 1. The maximum Gasteiger partial charge on any atom is 0.134 e. The lowest BCUT2D eigenvalue weighted by molar-refractivity contribution is -0.0211. The van der Waals surface area contributed by atoms with Crippen LogP contribution in [0.2, 0.25) is 5.02 Å². The van der Waals surface area contributed by atoms with E-state index in [9.17, 15) is 0 Å². The summed E-state index contributed by atoms with van der Waals surface area (Å²) in [6.07, 6.45) is 0. The molecule has 0 bridgehead atoms. The summed E-state index contributed by atoms with van der Waals surface area (Å²) in [4.78, 5) is 2.36. The summed E-state index contributed by atoms with van der Waals surface area (Å²) in [5.41, 5.74) is 7.13. The van der Waals surface area contributed by atoms with Crippen LogP contribution in [0, 0.1) is 0 Å². The first-order chi connectivity index (χ1) is 9.98. The minimum Gasteiger partial charge on any atom is -0.459 e. The van der Waals surface area contributed by atoms with Gasteiger partial charge in [-0.25, -0.2) is 0 Å². The van der Waals surface area contributed by atoms with Crippen LogP contribution in [-0.4, -0.2) is 36.7 Å². The zero-order valence-electron chi connectivity index (χ0n) is 12.4. The lowest BCUT2D eigenvalue weighted by atomic mass is 9.90. The third-order valence-electron chi connectivity index (χ3n) is 4.39. The van der Waals surface area contributed by atoms with E-state index in [1.807, 2.05) is 24.3 Å². The molecule has 0 spiro atoms. The zero-order valence-corrected chi connectivity index (χ0v) is 13.2. The van der Waals surface area contributed by atoms with Gasteiger partial charge in [-0.2, -0.15) is 0 Å². The van der Waals surface area contributed by atoms with Crippen LogP contribution in [-0.2, 0) is 4.74 Å². The van der Waals surface area contributed by atoms with Crippen molar-refractivity contribution >= 4 is 22.6 Å². The first kappa shape index (κ1) is 14.9. The molecular weight excluding hydrogens is 288 g/mol. The number of halogens is 1. The standard InChI is InChI=1S/C16H21ClN2O2/c1-16(2,19-5-7-20-8-6-19)15(18)14-10-11-9-12(17)3-4-13(11)21-14/h3-4,9-10,15H,5-8,18H2,1-2H3. The van der Waals surface area contributed by atoms with Gasteiger partial charge in [-0.15, -0.1) is 0 Å². The summed E-state index contributed by atoms with van der Waals surface area (Å²) in [6.45, 7) is 7.61. The van der Waals surface area contributed by atoms with Crippen molar-refractivity contribution in [1.82, 2.24) is 4.90 Å². The van der Waals surface area contributed by atoms with Gasteiger partial charge in [0, 0.05) is 29.0 Å². The Morgan fingerprint density at radius 3 is 2.67 bits per heavy atom. The van der Waals surface area contributed by atoms with Gasteiger partial charge in [-0.05, 0) is 38.1 Å². The Hall–Kier alpha value is -1.07. The molecule has 2 N–H and O–H groups in total. The fourth-order valence-electron chi connectivity index (χ4n) is 2.87. The van der Waals surface area contributed by atoms with Crippen molar-refractivity contribution in [2.75, 3.05) is 26.3 Å².